The zero-order valence-corrected chi connectivity index (χ0v) is 12.6. The third-order valence-corrected chi connectivity index (χ3v) is 4.74. The average molecular weight is 342 g/mol. The Balaban J connectivity index is 1.85. The first-order valence-electron chi connectivity index (χ1n) is 6.89. The van der Waals surface area contributed by atoms with Crippen molar-refractivity contribution in [1.82, 2.24) is 20.2 Å². The number of ether oxygens (including phenoxy) is 1. The molecular formula is C11H17F3N4O3S. The van der Waals surface area contributed by atoms with E-state index in [4.69, 9.17) is 4.74 Å². The lowest BCUT2D eigenvalue weighted by atomic mass is 10.1. The van der Waals surface area contributed by atoms with Crippen molar-refractivity contribution in [3.63, 3.8) is 0 Å². The molecule has 1 unspecified atom stereocenters. The number of aromatic nitrogens is 4. The van der Waals surface area contributed by atoms with Gasteiger partial charge in [-0.2, -0.15) is 18.0 Å². The van der Waals surface area contributed by atoms with Gasteiger partial charge in [0.25, 0.3) is 0 Å². The van der Waals surface area contributed by atoms with Gasteiger partial charge >= 0.3 is 6.18 Å². The zero-order valence-electron chi connectivity index (χ0n) is 11.8. The number of alkyl halides is 3. The highest BCUT2D eigenvalue weighted by atomic mass is 32.2. The Labute approximate surface area is 125 Å². The van der Waals surface area contributed by atoms with Gasteiger partial charge in [-0.1, -0.05) is 0 Å². The molecule has 1 atom stereocenters. The van der Waals surface area contributed by atoms with Gasteiger partial charge in [0.1, 0.15) is 5.75 Å². The molecule has 126 valence electrons. The summed E-state index contributed by atoms with van der Waals surface area (Å²) >= 11 is 0. The maximum absolute atomic E-state index is 12.2. The lowest BCUT2D eigenvalue weighted by molar-refractivity contribution is -0.145. The fourth-order valence-electron chi connectivity index (χ4n) is 2.18. The molecule has 0 saturated carbocycles. The third-order valence-electron chi connectivity index (χ3n) is 3.19. The van der Waals surface area contributed by atoms with Crippen molar-refractivity contribution in [3.05, 3.63) is 5.82 Å². The van der Waals surface area contributed by atoms with Gasteiger partial charge < -0.3 is 4.74 Å². The summed E-state index contributed by atoms with van der Waals surface area (Å²) < 4.78 is 65.8. The van der Waals surface area contributed by atoms with Gasteiger partial charge in [-0.3, -0.25) is 0 Å². The van der Waals surface area contributed by atoms with Gasteiger partial charge in [0.05, 0.1) is 11.9 Å². The third kappa shape index (κ3) is 5.87. The average Bonchev–Trinajstić information content (AvgIpc) is 2.82. The number of hydrogen-bond donors (Lipinski definition) is 0. The maximum Gasteiger partial charge on any atom is 0.409 e. The monoisotopic (exact) mass is 342 g/mol. The van der Waals surface area contributed by atoms with Crippen LogP contribution in [0.4, 0.5) is 13.2 Å². The standard InChI is InChI=1S/C11H17F3N4O3S/c12-11(13,14)8-18-16-10(15-17-18)7-22(19,20)6-4-9-3-1-2-5-21-9/h9H,1-8H2. The molecule has 1 fully saturated rings. The van der Waals surface area contributed by atoms with Crippen LogP contribution in [0.5, 0.6) is 0 Å². The summed E-state index contributed by atoms with van der Waals surface area (Å²) in [7, 11) is -3.50. The Hall–Kier alpha value is -1.23. The van der Waals surface area contributed by atoms with Gasteiger partial charge in [-0.15, -0.1) is 10.2 Å². The van der Waals surface area contributed by atoms with E-state index in [0.717, 1.165) is 19.3 Å². The fraction of sp³-hybridized carbons (Fsp3) is 0.909. The highest BCUT2D eigenvalue weighted by Gasteiger charge is 2.30. The number of halogens is 3. The normalized spacial score (nSPS) is 20.2. The smallest absolute Gasteiger partial charge is 0.378 e. The van der Waals surface area contributed by atoms with Crippen LogP contribution >= 0.6 is 0 Å². The molecule has 1 saturated heterocycles. The summed E-state index contributed by atoms with van der Waals surface area (Å²) in [6, 6.07) is 0. The van der Waals surface area contributed by atoms with Gasteiger partial charge in [0, 0.05) is 6.61 Å². The minimum absolute atomic E-state index is 0.0719. The van der Waals surface area contributed by atoms with Crippen LogP contribution in [0, 0.1) is 0 Å². The highest BCUT2D eigenvalue weighted by Crippen LogP contribution is 2.18. The molecule has 1 aliphatic rings. The van der Waals surface area contributed by atoms with E-state index in [1.807, 2.05) is 0 Å². The van der Waals surface area contributed by atoms with E-state index in [9.17, 15) is 21.6 Å². The number of rotatable bonds is 6. The molecule has 7 nitrogen and oxygen atoms in total. The van der Waals surface area contributed by atoms with E-state index in [2.05, 4.69) is 15.4 Å². The van der Waals surface area contributed by atoms with Gasteiger partial charge in [-0.05, 0) is 30.9 Å². The molecule has 1 aliphatic heterocycles. The molecule has 2 heterocycles. The van der Waals surface area contributed by atoms with Gasteiger partial charge in [-0.25, -0.2) is 8.42 Å². The van der Waals surface area contributed by atoms with E-state index < -0.39 is 28.3 Å². The lowest BCUT2D eigenvalue weighted by Crippen LogP contribution is -2.23. The topological polar surface area (TPSA) is 87.0 Å². The fourth-order valence-corrected chi connectivity index (χ4v) is 3.45. The Morgan fingerprint density at radius 1 is 1.32 bits per heavy atom. The highest BCUT2D eigenvalue weighted by molar-refractivity contribution is 7.90. The van der Waals surface area contributed by atoms with Crippen LogP contribution in [0.2, 0.25) is 0 Å². The number of tetrazole rings is 1. The SMILES string of the molecule is O=S(=O)(CCC1CCCCO1)Cc1nnn(CC(F)(F)F)n1. The second kappa shape index (κ2) is 6.90. The van der Waals surface area contributed by atoms with Crippen molar-refractivity contribution in [2.24, 2.45) is 0 Å². The van der Waals surface area contributed by atoms with Crippen molar-refractivity contribution in [3.8, 4) is 0 Å². The summed E-state index contributed by atoms with van der Waals surface area (Å²) in [5, 5.41) is 9.99. The molecule has 11 heteroatoms. The Morgan fingerprint density at radius 3 is 2.73 bits per heavy atom. The summed E-state index contributed by atoms with van der Waals surface area (Å²) in [6.45, 7) is -0.756. The van der Waals surface area contributed by atoms with Crippen LogP contribution in [-0.2, 0) is 26.9 Å². The molecule has 0 radical (unpaired) electrons. The molecule has 2 rings (SSSR count). The molecule has 0 aliphatic carbocycles. The predicted molar refractivity (Wildman–Crippen MR) is 69.6 cm³/mol. The summed E-state index contributed by atoms with van der Waals surface area (Å²) in [4.78, 5) is 0.342. The van der Waals surface area contributed by atoms with Crippen LogP contribution < -0.4 is 0 Å². The number of hydrogen-bond acceptors (Lipinski definition) is 6. The Bertz CT molecular complexity index is 582. The lowest BCUT2D eigenvalue weighted by Gasteiger charge is -2.22. The molecule has 1 aromatic heterocycles. The number of nitrogens with zero attached hydrogens (tertiary/aromatic N) is 4. The quantitative estimate of drug-likeness (QED) is 0.770. The molecular weight excluding hydrogens is 325 g/mol. The first-order chi connectivity index (χ1) is 10.2. The summed E-state index contributed by atoms with van der Waals surface area (Å²) in [5.74, 6) is -0.850. The van der Waals surface area contributed by atoms with E-state index in [1.54, 1.807) is 0 Å². The summed E-state index contributed by atoms with van der Waals surface area (Å²) in [6.07, 6.45) is -1.35. The minimum atomic E-state index is -4.48. The van der Waals surface area contributed by atoms with Crippen molar-refractivity contribution >= 4 is 9.84 Å². The van der Waals surface area contributed by atoms with Crippen LogP contribution in [-0.4, -0.2) is 53.3 Å². The Kier molecular flexibility index (Phi) is 5.37. The minimum Gasteiger partial charge on any atom is -0.378 e. The molecule has 0 amide bonds. The first kappa shape index (κ1) is 17.1. The number of sulfone groups is 1. The summed E-state index contributed by atoms with van der Waals surface area (Å²) in [5.41, 5.74) is 0. The van der Waals surface area contributed by atoms with Gasteiger partial charge in [0.15, 0.2) is 22.2 Å². The molecule has 0 N–H and O–H groups in total. The zero-order chi connectivity index (χ0) is 16.2. The van der Waals surface area contributed by atoms with Crippen molar-refractivity contribution in [2.75, 3.05) is 12.4 Å². The van der Waals surface area contributed by atoms with Crippen LogP contribution in [0.15, 0.2) is 0 Å². The van der Waals surface area contributed by atoms with Crippen LogP contribution in [0.3, 0.4) is 0 Å². The molecule has 22 heavy (non-hydrogen) atoms. The van der Waals surface area contributed by atoms with Crippen LogP contribution in [0.25, 0.3) is 0 Å². The largest absolute Gasteiger partial charge is 0.409 e. The van der Waals surface area contributed by atoms with Crippen molar-refractivity contribution in [1.29, 1.82) is 0 Å². The second-order valence-electron chi connectivity index (χ2n) is 5.22. The van der Waals surface area contributed by atoms with E-state index in [0.29, 0.717) is 17.8 Å². The second-order valence-corrected chi connectivity index (χ2v) is 7.40. The van der Waals surface area contributed by atoms with Crippen molar-refractivity contribution < 1.29 is 26.3 Å². The van der Waals surface area contributed by atoms with Crippen LogP contribution in [0.1, 0.15) is 31.5 Å². The predicted octanol–water partition coefficient (Wildman–Crippen LogP) is 1.11. The van der Waals surface area contributed by atoms with E-state index >= 15 is 0 Å². The molecule has 0 aromatic carbocycles. The van der Waals surface area contributed by atoms with E-state index in [-0.39, 0.29) is 17.7 Å². The first-order valence-corrected chi connectivity index (χ1v) is 8.71. The Morgan fingerprint density at radius 2 is 2.09 bits per heavy atom. The van der Waals surface area contributed by atoms with E-state index in [1.165, 1.54) is 0 Å². The van der Waals surface area contributed by atoms with Crippen molar-refractivity contribution in [2.45, 2.75) is 50.3 Å². The van der Waals surface area contributed by atoms with Gasteiger partial charge in [0.2, 0.25) is 0 Å². The maximum atomic E-state index is 12.2. The molecule has 1 aromatic rings. The molecule has 0 spiro atoms. The molecule has 0 bridgehead atoms.